The van der Waals surface area contributed by atoms with Crippen LogP contribution in [-0.4, -0.2) is 57.5 Å². The molecule has 2 N–H and O–H groups in total. The number of aromatic amines is 1. The number of urea groups is 1. The van der Waals surface area contributed by atoms with Gasteiger partial charge < -0.3 is 9.80 Å². The lowest BCUT2D eigenvalue weighted by molar-refractivity contribution is -0.132. The van der Waals surface area contributed by atoms with Crippen LogP contribution >= 0.6 is 0 Å². The number of hydrogen-bond acceptors (Lipinski definition) is 4. The third-order valence-electron chi connectivity index (χ3n) is 3.35. The van der Waals surface area contributed by atoms with Crippen molar-refractivity contribution in [2.45, 2.75) is 13.0 Å². The van der Waals surface area contributed by atoms with Crippen LogP contribution in [0.15, 0.2) is 6.20 Å². The number of nitrogens with zero attached hydrogens (tertiary/aromatic N) is 3. The van der Waals surface area contributed by atoms with E-state index in [0.717, 1.165) is 17.7 Å². The maximum atomic E-state index is 12.1. The molecule has 1 aromatic rings. The molecule has 1 saturated heterocycles. The fourth-order valence-electron chi connectivity index (χ4n) is 2.31. The third kappa shape index (κ3) is 2.16. The number of nitrogens with one attached hydrogen (secondary N) is 2. The number of imide groups is 1. The van der Waals surface area contributed by atoms with Gasteiger partial charge in [0.05, 0.1) is 6.20 Å². The smallest absolute Gasteiger partial charge is 0.325 e. The first kappa shape index (κ1) is 11.7. The van der Waals surface area contributed by atoms with Gasteiger partial charge in [0.15, 0.2) is 0 Å². The van der Waals surface area contributed by atoms with Gasteiger partial charge >= 0.3 is 6.03 Å². The second-order valence-corrected chi connectivity index (χ2v) is 4.65. The molecule has 3 heterocycles. The quantitative estimate of drug-likeness (QED) is 0.658. The zero-order chi connectivity index (χ0) is 13.4. The maximum absolute atomic E-state index is 12.1. The van der Waals surface area contributed by atoms with E-state index in [4.69, 9.17) is 0 Å². The average molecular weight is 263 g/mol. The Morgan fingerprint density at radius 3 is 2.95 bits per heavy atom. The van der Waals surface area contributed by atoms with Crippen LogP contribution in [0, 0.1) is 0 Å². The van der Waals surface area contributed by atoms with Gasteiger partial charge in [0.2, 0.25) is 11.8 Å². The zero-order valence-corrected chi connectivity index (χ0v) is 10.2. The van der Waals surface area contributed by atoms with Gasteiger partial charge in [0.25, 0.3) is 0 Å². The van der Waals surface area contributed by atoms with Gasteiger partial charge in [-0.25, -0.2) is 4.79 Å². The van der Waals surface area contributed by atoms with E-state index in [2.05, 4.69) is 15.5 Å². The highest BCUT2D eigenvalue weighted by Crippen LogP contribution is 2.16. The van der Waals surface area contributed by atoms with Crippen molar-refractivity contribution in [2.75, 3.05) is 19.6 Å². The van der Waals surface area contributed by atoms with E-state index in [1.165, 1.54) is 4.90 Å². The topological polar surface area (TPSA) is 98.4 Å². The molecular formula is C11H13N5O3. The number of carbonyl (C=O) groups is 3. The highest BCUT2D eigenvalue weighted by atomic mass is 16.2. The Labute approximate surface area is 108 Å². The molecule has 1 aromatic heterocycles. The molecule has 0 aliphatic carbocycles. The Hall–Kier alpha value is -2.38. The van der Waals surface area contributed by atoms with Gasteiger partial charge in [-0.2, -0.15) is 5.10 Å². The Kier molecular flexibility index (Phi) is 2.69. The average Bonchev–Trinajstić information content (AvgIpc) is 2.95. The minimum atomic E-state index is -0.501. The van der Waals surface area contributed by atoms with Gasteiger partial charge in [0.1, 0.15) is 13.1 Å². The van der Waals surface area contributed by atoms with Gasteiger partial charge in [-0.3, -0.25) is 20.0 Å². The minimum Gasteiger partial charge on any atom is -0.336 e. The lowest BCUT2D eigenvalue weighted by Gasteiger charge is -2.27. The molecule has 0 saturated carbocycles. The summed E-state index contributed by atoms with van der Waals surface area (Å²) in [5.74, 6) is -0.523. The number of rotatable bonds is 2. The van der Waals surface area contributed by atoms with Gasteiger partial charge in [0, 0.05) is 30.8 Å². The standard InChI is InChI=1S/C11H13N5O3/c17-9-5-16(11(19)13-9)6-10(18)15-2-1-8-7(4-15)3-12-14-8/h3H,1-2,4-6H2,(H,12,14)(H,13,17,19). The van der Waals surface area contributed by atoms with Crippen molar-refractivity contribution in [3.8, 4) is 0 Å². The minimum absolute atomic E-state index is 0.0463. The maximum Gasteiger partial charge on any atom is 0.325 e. The summed E-state index contributed by atoms with van der Waals surface area (Å²) in [4.78, 5) is 37.4. The highest BCUT2D eigenvalue weighted by molar-refractivity contribution is 6.03. The van der Waals surface area contributed by atoms with E-state index in [1.807, 2.05) is 0 Å². The van der Waals surface area contributed by atoms with Crippen LogP contribution in [-0.2, 0) is 22.6 Å². The normalized spacial score (nSPS) is 18.5. The lowest BCUT2D eigenvalue weighted by atomic mass is 10.1. The highest BCUT2D eigenvalue weighted by Gasteiger charge is 2.30. The Morgan fingerprint density at radius 2 is 2.21 bits per heavy atom. The molecule has 3 rings (SSSR count). The summed E-state index contributed by atoms with van der Waals surface area (Å²) < 4.78 is 0. The van der Waals surface area contributed by atoms with Crippen molar-refractivity contribution in [1.82, 2.24) is 25.3 Å². The molecule has 100 valence electrons. The van der Waals surface area contributed by atoms with Crippen LogP contribution in [0.3, 0.4) is 0 Å². The van der Waals surface area contributed by atoms with Gasteiger partial charge in [-0.1, -0.05) is 0 Å². The van der Waals surface area contributed by atoms with E-state index < -0.39 is 6.03 Å². The van der Waals surface area contributed by atoms with Crippen molar-refractivity contribution in [3.05, 3.63) is 17.5 Å². The summed E-state index contributed by atoms with van der Waals surface area (Å²) in [6, 6.07) is -0.501. The molecular weight excluding hydrogens is 250 g/mol. The molecule has 19 heavy (non-hydrogen) atoms. The van der Waals surface area contributed by atoms with Crippen molar-refractivity contribution in [1.29, 1.82) is 0 Å². The van der Waals surface area contributed by atoms with E-state index in [9.17, 15) is 14.4 Å². The Morgan fingerprint density at radius 1 is 1.37 bits per heavy atom. The molecule has 0 spiro atoms. The van der Waals surface area contributed by atoms with Gasteiger partial charge in [-0.05, 0) is 0 Å². The molecule has 0 bridgehead atoms. The number of carbonyl (C=O) groups excluding carboxylic acids is 3. The number of H-pyrrole nitrogens is 1. The van der Waals surface area contributed by atoms with Crippen molar-refractivity contribution in [2.24, 2.45) is 0 Å². The summed E-state index contributed by atoms with van der Waals surface area (Å²) in [5, 5.41) is 8.99. The van der Waals surface area contributed by atoms with Gasteiger partial charge in [-0.15, -0.1) is 0 Å². The largest absolute Gasteiger partial charge is 0.336 e. The van der Waals surface area contributed by atoms with Crippen LogP contribution < -0.4 is 5.32 Å². The first-order valence-corrected chi connectivity index (χ1v) is 6.01. The molecule has 0 unspecified atom stereocenters. The Balaban J connectivity index is 1.63. The first-order valence-electron chi connectivity index (χ1n) is 6.01. The Bertz CT molecular complexity index is 552. The van der Waals surface area contributed by atoms with E-state index in [-0.39, 0.29) is 24.9 Å². The predicted octanol–water partition coefficient (Wildman–Crippen LogP) is -1.15. The SMILES string of the molecule is O=C1CN(CC(=O)N2CCc3[nH]ncc3C2)C(=O)N1. The molecule has 0 radical (unpaired) electrons. The molecule has 2 aliphatic rings. The summed E-state index contributed by atoms with van der Waals surface area (Å²) in [6.07, 6.45) is 2.44. The number of hydrogen-bond donors (Lipinski definition) is 2. The summed E-state index contributed by atoms with van der Waals surface area (Å²) in [5.41, 5.74) is 2.06. The molecule has 2 aliphatic heterocycles. The van der Waals surface area contributed by atoms with Crippen LogP contribution in [0.25, 0.3) is 0 Å². The van der Waals surface area contributed by atoms with Crippen LogP contribution in [0.1, 0.15) is 11.3 Å². The van der Waals surface area contributed by atoms with Crippen LogP contribution in [0.4, 0.5) is 4.79 Å². The number of amides is 4. The third-order valence-corrected chi connectivity index (χ3v) is 3.35. The zero-order valence-electron chi connectivity index (χ0n) is 10.2. The number of aromatic nitrogens is 2. The summed E-state index contributed by atoms with van der Waals surface area (Å²) >= 11 is 0. The fraction of sp³-hybridized carbons (Fsp3) is 0.455. The second kappa shape index (κ2) is 4.38. The molecule has 1 fully saturated rings. The van der Waals surface area contributed by atoms with Crippen molar-refractivity contribution >= 4 is 17.8 Å². The summed E-state index contributed by atoms with van der Waals surface area (Å²) in [6.45, 7) is 0.978. The molecule has 8 nitrogen and oxygen atoms in total. The van der Waals surface area contributed by atoms with Crippen molar-refractivity contribution in [3.63, 3.8) is 0 Å². The van der Waals surface area contributed by atoms with Crippen LogP contribution in [0.5, 0.6) is 0 Å². The van der Waals surface area contributed by atoms with E-state index in [0.29, 0.717) is 13.1 Å². The monoisotopic (exact) mass is 263 g/mol. The fourth-order valence-corrected chi connectivity index (χ4v) is 2.31. The molecule has 0 atom stereocenters. The van der Waals surface area contributed by atoms with E-state index in [1.54, 1.807) is 11.1 Å². The molecule has 0 aromatic carbocycles. The molecule has 4 amide bonds. The van der Waals surface area contributed by atoms with E-state index >= 15 is 0 Å². The first-order chi connectivity index (χ1) is 9.13. The predicted molar refractivity (Wildman–Crippen MR) is 62.8 cm³/mol. The summed E-state index contributed by atoms with van der Waals surface area (Å²) in [7, 11) is 0. The van der Waals surface area contributed by atoms with Crippen LogP contribution in [0.2, 0.25) is 0 Å². The van der Waals surface area contributed by atoms with Crippen molar-refractivity contribution < 1.29 is 14.4 Å². The number of fused-ring (bicyclic) bond motifs is 1. The molecule has 8 heteroatoms. The lowest BCUT2D eigenvalue weighted by Crippen LogP contribution is -2.43. The second-order valence-electron chi connectivity index (χ2n) is 4.65.